The third-order valence-electron chi connectivity index (χ3n) is 2.66. The Morgan fingerprint density at radius 2 is 2.39 bits per heavy atom. The van der Waals surface area contributed by atoms with E-state index < -0.39 is 0 Å². The van der Waals surface area contributed by atoms with Crippen LogP contribution in [0, 0.1) is 0 Å². The number of carbonyl (C=O) groups excluding carboxylic acids is 1. The summed E-state index contributed by atoms with van der Waals surface area (Å²) in [6.07, 6.45) is 3.31. The average Bonchev–Trinajstić information content (AvgIpc) is 2.96. The van der Waals surface area contributed by atoms with Gasteiger partial charge in [-0.05, 0) is 28.9 Å². The van der Waals surface area contributed by atoms with E-state index in [0.29, 0.717) is 16.7 Å². The number of aryl methyl sites for hydroxylation is 1. The van der Waals surface area contributed by atoms with E-state index in [1.54, 1.807) is 24.3 Å². The van der Waals surface area contributed by atoms with Crippen LogP contribution in [0.5, 0.6) is 0 Å². The molecule has 2 aromatic rings. The Bertz CT molecular complexity index is 547. The molecule has 18 heavy (non-hydrogen) atoms. The van der Waals surface area contributed by atoms with E-state index >= 15 is 0 Å². The van der Waals surface area contributed by atoms with Crippen molar-refractivity contribution in [3.8, 4) is 0 Å². The summed E-state index contributed by atoms with van der Waals surface area (Å²) >= 11 is 3.28. The van der Waals surface area contributed by atoms with Gasteiger partial charge in [0.15, 0.2) is 0 Å². The van der Waals surface area contributed by atoms with Gasteiger partial charge in [0.05, 0.1) is 22.9 Å². The van der Waals surface area contributed by atoms with E-state index in [1.807, 2.05) is 17.7 Å². The van der Waals surface area contributed by atoms with Crippen molar-refractivity contribution < 1.29 is 4.79 Å². The van der Waals surface area contributed by atoms with Gasteiger partial charge in [-0.15, -0.1) is 0 Å². The van der Waals surface area contributed by atoms with Crippen molar-refractivity contribution >= 4 is 21.8 Å². The van der Waals surface area contributed by atoms with E-state index in [4.69, 9.17) is 0 Å². The van der Waals surface area contributed by atoms with Gasteiger partial charge in [-0.3, -0.25) is 14.6 Å². The first-order valence-corrected chi connectivity index (χ1v) is 6.37. The van der Waals surface area contributed by atoms with Gasteiger partial charge < -0.3 is 4.90 Å². The number of aromatic amines is 1. The smallest absolute Gasteiger partial charge is 0.273 e. The molecule has 0 aromatic carbocycles. The maximum absolute atomic E-state index is 12.1. The maximum atomic E-state index is 12.1. The molecule has 2 rings (SSSR count). The molecule has 1 N–H and O–H groups in total. The van der Waals surface area contributed by atoms with E-state index in [2.05, 4.69) is 31.2 Å². The first-order chi connectivity index (χ1) is 8.63. The number of nitrogens with one attached hydrogen (secondary N) is 1. The highest BCUT2D eigenvalue weighted by Crippen LogP contribution is 2.15. The number of amides is 1. The van der Waals surface area contributed by atoms with Crippen LogP contribution in [0.25, 0.3) is 0 Å². The first-order valence-electron chi connectivity index (χ1n) is 5.58. The molecule has 0 bridgehead atoms. The van der Waals surface area contributed by atoms with Crippen LogP contribution >= 0.6 is 15.9 Å². The standard InChI is InChI=1S/C11H14BrN5O/c1-3-17-8(4-5-14-17)7-16(2)11(18)10-9(12)6-13-15-10/h4-6H,3,7H2,1-2H3,(H,13,15). The molecule has 0 unspecified atom stereocenters. The normalized spacial score (nSPS) is 10.6. The number of hydrogen-bond donors (Lipinski definition) is 1. The zero-order valence-electron chi connectivity index (χ0n) is 10.2. The van der Waals surface area contributed by atoms with Crippen molar-refractivity contribution in [2.24, 2.45) is 0 Å². The van der Waals surface area contributed by atoms with Gasteiger partial charge in [-0.1, -0.05) is 0 Å². The van der Waals surface area contributed by atoms with Crippen LogP contribution in [0.3, 0.4) is 0 Å². The second-order valence-corrected chi connectivity index (χ2v) is 4.75. The Kier molecular flexibility index (Phi) is 3.81. The lowest BCUT2D eigenvalue weighted by molar-refractivity contribution is 0.0775. The number of rotatable bonds is 4. The van der Waals surface area contributed by atoms with Crippen molar-refractivity contribution in [2.75, 3.05) is 7.05 Å². The summed E-state index contributed by atoms with van der Waals surface area (Å²) in [5, 5.41) is 10.7. The van der Waals surface area contributed by atoms with E-state index in [9.17, 15) is 4.79 Å². The summed E-state index contributed by atoms with van der Waals surface area (Å²) in [4.78, 5) is 13.8. The van der Waals surface area contributed by atoms with Gasteiger partial charge in [0.1, 0.15) is 5.69 Å². The number of carbonyl (C=O) groups is 1. The Labute approximate surface area is 113 Å². The summed E-state index contributed by atoms with van der Waals surface area (Å²) in [5.74, 6) is -0.108. The molecule has 0 radical (unpaired) electrons. The number of aromatic nitrogens is 4. The van der Waals surface area contributed by atoms with Crippen LogP contribution in [-0.2, 0) is 13.1 Å². The quantitative estimate of drug-likeness (QED) is 0.933. The van der Waals surface area contributed by atoms with Crippen molar-refractivity contribution in [3.05, 3.63) is 34.3 Å². The minimum atomic E-state index is -0.108. The number of hydrogen-bond acceptors (Lipinski definition) is 3. The Hall–Kier alpha value is -1.63. The lowest BCUT2D eigenvalue weighted by atomic mass is 10.3. The molecule has 2 heterocycles. The molecule has 96 valence electrons. The largest absolute Gasteiger partial charge is 0.334 e. The molecule has 0 aliphatic heterocycles. The minimum absolute atomic E-state index is 0.108. The van der Waals surface area contributed by atoms with Crippen molar-refractivity contribution in [1.29, 1.82) is 0 Å². The average molecular weight is 312 g/mol. The van der Waals surface area contributed by atoms with Crippen LogP contribution in [0.15, 0.2) is 22.9 Å². The molecule has 0 saturated heterocycles. The summed E-state index contributed by atoms with van der Waals surface area (Å²) in [6.45, 7) is 3.32. The number of halogens is 1. The molecule has 2 aromatic heterocycles. The lowest BCUT2D eigenvalue weighted by Gasteiger charge is -2.17. The fourth-order valence-electron chi connectivity index (χ4n) is 1.71. The van der Waals surface area contributed by atoms with Gasteiger partial charge in [-0.2, -0.15) is 10.2 Å². The van der Waals surface area contributed by atoms with Gasteiger partial charge in [0.2, 0.25) is 0 Å². The van der Waals surface area contributed by atoms with E-state index in [-0.39, 0.29) is 5.91 Å². The molecule has 0 spiro atoms. The Morgan fingerprint density at radius 1 is 1.61 bits per heavy atom. The molecule has 6 nitrogen and oxygen atoms in total. The monoisotopic (exact) mass is 311 g/mol. The highest BCUT2D eigenvalue weighted by atomic mass is 79.9. The second-order valence-electron chi connectivity index (χ2n) is 3.89. The lowest BCUT2D eigenvalue weighted by Crippen LogP contribution is -2.28. The predicted molar refractivity (Wildman–Crippen MR) is 70.0 cm³/mol. The molecule has 0 aliphatic rings. The molecule has 0 aliphatic carbocycles. The second kappa shape index (κ2) is 5.34. The summed E-state index contributed by atoms with van der Waals surface area (Å²) in [7, 11) is 1.75. The highest BCUT2D eigenvalue weighted by Gasteiger charge is 2.17. The van der Waals surface area contributed by atoms with Gasteiger partial charge >= 0.3 is 0 Å². The highest BCUT2D eigenvalue weighted by molar-refractivity contribution is 9.10. The predicted octanol–water partition coefficient (Wildman–Crippen LogP) is 1.66. The first kappa shape index (κ1) is 12.8. The molecule has 0 atom stereocenters. The van der Waals surface area contributed by atoms with E-state index in [1.165, 1.54) is 0 Å². The van der Waals surface area contributed by atoms with Gasteiger partial charge in [-0.25, -0.2) is 0 Å². The van der Waals surface area contributed by atoms with Crippen LogP contribution in [0.4, 0.5) is 0 Å². The molecule has 0 fully saturated rings. The van der Waals surface area contributed by atoms with Crippen molar-refractivity contribution in [2.45, 2.75) is 20.0 Å². The van der Waals surface area contributed by atoms with Crippen LogP contribution in [0.2, 0.25) is 0 Å². The van der Waals surface area contributed by atoms with Crippen LogP contribution in [-0.4, -0.2) is 37.8 Å². The summed E-state index contributed by atoms with van der Waals surface area (Å²) in [6, 6.07) is 1.91. The Morgan fingerprint density at radius 3 is 3.00 bits per heavy atom. The van der Waals surface area contributed by atoms with Gasteiger partial charge in [0, 0.05) is 19.8 Å². The third kappa shape index (κ3) is 2.45. The summed E-state index contributed by atoms with van der Waals surface area (Å²) in [5.41, 5.74) is 1.46. The molecule has 1 amide bonds. The summed E-state index contributed by atoms with van der Waals surface area (Å²) < 4.78 is 2.54. The minimum Gasteiger partial charge on any atom is -0.334 e. The third-order valence-corrected chi connectivity index (χ3v) is 3.26. The van der Waals surface area contributed by atoms with Crippen LogP contribution < -0.4 is 0 Å². The SMILES string of the molecule is CCn1nccc1CN(C)C(=O)c1[nH]ncc1Br. The number of nitrogens with zero attached hydrogens (tertiary/aromatic N) is 4. The van der Waals surface area contributed by atoms with Gasteiger partial charge in [0.25, 0.3) is 5.91 Å². The van der Waals surface area contributed by atoms with Crippen molar-refractivity contribution in [3.63, 3.8) is 0 Å². The van der Waals surface area contributed by atoms with Crippen LogP contribution in [0.1, 0.15) is 23.1 Å². The molecule has 0 saturated carbocycles. The Balaban J connectivity index is 2.11. The topological polar surface area (TPSA) is 66.8 Å². The molecule has 7 heteroatoms. The molecular formula is C11H14BrN5O. The molecular weight excluding hydrogens is 298 g/mol. The fraction of sp³-hybridized carbons (Fsp3) is 0.364. The zero-order valence-corrected chi connectivity index (χ0v) is 11.8. The van der Waals surface area contributed by atoms with Crippen molar-refractivity contribution in [1.82, 2.24) is 24.9 Å². The zero-order chi connectivity index (χ0) is 13.1. The number of H-pyrrole nitrogens is 1. The van der Waals surface area contributed by atoms with E-state index in [0.717, 1.165) is 12.2 Å². The fourth-order valence-corrected chi connectivity index (χ4v) is 2.07. The maximum Gasteiger partial charge on any atom is 0.273 e.